The number of nitrogens with one attached hydrogen (secondary N) is 2. The van der Waals surface area contributed by atoms with Gasteiger partial charge in [-0.1, -0.05) is 12.8 Å². The number of aliphatic hydroxyl groups is 1. The van der Waals surface area contributed by atoms with Crippen LogP contribution in [0.15, 0.2) is 6.20 Å². The van der Waals surface area contributed by atoms with Crippen LogP contribution in [0.25, 0.3) is 0 Å². The van der Waals surface area contributed by atoms with E-state index in [4.69, 9.17) is 10.9 Å². The molecular formula is C10H18N6O3. The molecule has 9 heteroatoms. The lowest BCUT2D eigenvalue weighted by Gasteiger charge is -2.07. The molecule has 0 aliphatic heterocycles. The molecule has 0 aliphatic rings. The van der Waals surface area contributed by atoms with E-state index in [1.54, 1.807) is 0 Å². The van der Waals surface area contributed by atoms with Gasteiger partial charge in [0, 0.05) is 13.2 Å². The Balaban J connectivity index is 2.52. The maximum absolute atomic E-state index is 10.8. The van der Waals surface area contributed by atoms with Gasteiger partial charge < -0.3 is 10.4 Å². The van der Waals surface area contributed by atoms with Crippen molar-refractivity contribution in [3.05, 3.63) is 16.3 Å². The number of nitrogens with zero attached hydrogens (tertiary/aromatic N) is 3. The van der Waals surface area contributed by atoms with E-state index in [1.807, 2.05) is 0 Å². The smallest absolute Gasteiger partial charge is 0.329 e. The number of hydrogen-bond acceptors (Lipinski definition) is 8. The highest BCUT2D eigenvalue weighted by molar-refractivity contribution is 5.56. The lowest BCUT2D eigenvalue weighted by atomic mass is 10.2. The Morgan fingerprint density at radius 3 is 2.74 bits per heavy atom. The molecule has 9 nitrogen and oxygen atoms in total. The van der Waals surface area contributed by atoms with Crippen molar-refractivity contribution in [1.29, 1.82) is 0 Å². The van der Waals surface area contributed by atoms with Gasteiger partial charge >= 0.3 is 5.69 Å². The normalized spacial score (nSPS) is 10.2. The van der Waals surface area contributed by atoms with Crippen molar-refractivity contribution in [1.82, 2.24) is 9.97 Å². The van der Waals surface area contributed by atoms with E-state index in [9.17, 15) is 10.1 Å². The van der Waals surface area contributed by atoms with E-state index in [0.717, 1.165) is 31.9 Å². The Morgan fingerprint density at radius 1 is 1.37 bits per heavy atom. The van der Waals surface area contributed by atoms with Crippen molar-refractivity contribution >= 4 is 17.5 Å². The summed E-state index contributed by atoms with van der Waals surface area (Å²) in [6, 6.07) is 0. The van der Waals surface area contributed by atoms with Crippen LogP contribution in [0.5, 0.6) is 0 Å². The molecule has 0 radical (unpaired) electrons. The molecule has 0 fully saturated rings. The summed E-state index contributed by atoms with van der Waals surface area (Å²) in [7, 11) is 0. The average molecular weight is 270 g/mol. The van der Waals surface area contributed by atoms with Gasteiger partial charge in [-0.25, -0.2) is 10.8 Å². The van der Waals surface area contributed by atoms with Gasteiger partial charge in [0.05, 0.1) is 4.92 Å². The Hall–Kier alpha value is -2.00. The molecule has 0 aliphatic carbocycles. The molecule has 0 atom stereocenters. The second-order valence-electron chi connectivity index (χ2n) is 3.89. The molecule has 0 spiro atoms. The summed E-state index contributed by atoms with van der Waals surface area (Å²) >= 11 is 0. The van der Waals surface area contributed by atoms with Crippen LogP contribution < -0.4 is 16.6 Å². The first-order chi connectivity index (χ1) is 9.19. The Morgan fingerprint density at radius 2 is 2.11 bits per heavy atom. The molecule has 0 bridgehead atoms. The molecule has 0 aromatic carbocycles. The Labute approximate surface area is 110 Å². The summed E-state index contributed by atoms with van der Waals surface area (Å²) < 4.78 is 0. The number of nitro groups is 1. The first-order valence-electron chi connectivity index (χ1n) is 6.01. The predicted octanol–water partition coefficient (Wildman–Crippen LogP) is 0.635. The van der Waals surface area contributed by atoms with E-state index in [1.165, 1.54) is 0 Å². The molecule has 0 unspecified atom stereocenters. The molecule has 0 saturated carbocycles. The first kappa shape index (κ1) is 15.1. The zero-order valence-electron chi connectivity index (χ0n) is 10.5. The minimum atomic E-state index is -0.547. The second kappa shape index (κ2) is 8.16. The maximum atomic E-state index is 10.8. The van der Waals surface area contributed by atoms with Crippen LogP contribution in [0.2, 0.25) is 0 Å². The second-order valence-corrected chi connectivity index (χ2v) is 3.89. The number of nitrogens with two attached hydrogens (primary N) is 1. The third kappa shape index (κ3) is 5.02. The van der Waals surface area contributed by atoms with Crippen LogP contribution in [0.3, 0.4) is 0 Å². The predicted molar refractivity (Wildman–Crippen MR) is 70.5 cm³/mol. The minimum Gasteiger partial charge on any atom is -0.396 e. The van der Waals surface area contributed by atoms with Gasteiger partial charge in [-0.05, 0) is 12.8 Å². The lowest BCUT2D eigenvalue weighted by Crippen LogP contribution is -2.13. The fourth-order valence-electron chi connectivity index (χ4n) is 1.51. The summed E-state index contributed by atoms with van der Waals surface area (Å²) in [5, 5.41) is 22.3. The summed E-state index contributed by atoms with van der Waals surface area (Å²) in [6.45, 7) is 0.754. The lowest BCUT2D eigenvalue weighted by molar-refractivity contribution is -0.384. The van der Waals surface area contributed by atoms with E-state index in [-0.39, 0.29) is 24.1 Å². The van der Waals surface area contributed by atoms with Crippen LogP contribution in [0.4, 0.5) is 17.5 Å². The molecule has 0 saturated heterocycles. The third-order valence-electron chi connectivity index (χ3n) is 2.47. The van der Waals surface area contributed by atoms with Gasteiger partial charge in [0.1, 0.15) is 6.20 Å². The maximum Gasteiger partial charge on any atom is 0.329 e. The fourth-order valence-corrected chi connectivity index (χ4v) is 1.51. The standard InChI is InChI=1S/C10H18N6O3/c11-15-10-13-7-8(16(18)19)9(14-10)12-5-3-1-2-4-6-17/h7,17H,1-6,11H2,(H2,12,13,14,15). The molecular weight excluding hydrogens is 252 g/mol. The zero-order valence-corrected chi connectivity index (χ0v) is 10.5. The van der Waals surface area contributed by atoms with E-state index >= 15 is 0 Å². The molecule has 5 N–H and O–H groups in total. The highest BCUT2D eigenvalue weighted by atomic mass is 16.6. The van der Waals surface area contributed by atoms with Crippen molar-refractivity contribution in [3.8, 4) is 0 Å². The fraction of sp³-hybridized carbons (Fsp3) is 0.600. The number of rotatable bonds is 9. The number of nitrogen functional groups attached to an aromatic ring is 1. The highest BCUT2D eigenvalue weighted by Gasteiger charge is 2.16. The molecule has 1 rings (SSSR count). The topological polar surface area (TPSA) is 139 Å². The van der Waals surface area contributed by atoms with Crippen LogP contribution in [0.1, 0.15) is 25.7 Å². The van der Waals surface area contributed by atoms with Gasteiger partial charge in [0.25, 0.3) is 0 Å². The van der Waals surface area contributed by atoms with Crippen LogP contribution in [-0.4, -0.2) is 33.1 Å². The van der Waals surface area contributed by atoms with Crippen molar-refractivity contribution in [2.45, 2.75) is 25.7 Å². The van der Waals surface area contributed by atoms with Crippen molar-refractivity contribution in [3.63, 3.8) is 0 Å². The van der Waals surface area contributed by atoms with Crippen LogP contribution in [-0.2, 0) is 0 Å². The Bertz CT molecular complexity index is 414. The molecule has 106 valence electrons. The average Bonchev–Trinajstić information content (AvgIpc) is 2.42. The molecule has 0 amide bonds. The number of anilines is 2. The molecule has 1 aromatic heterocycles. The number of unbranched alkanes of at least 4 members (excludes halogenated alkanes) is 3. The van der Waals surface area contributed by atoms with E-state index in [2.05, 4.69) is 20.7 Å². The summed E-state index contributed by atoms with van der Waals surface area (Å²) in [5.41, 5.74) is 2.05. The summed E-state index contributed by atoms with van der Waals surface area (Å²) in [6.07, 6.45) is 4.59. The van der Waals surface area contributed by atoms with Gasteiger partial charge in [-0.15, -0.1) is 0 Å². The quantitative estimate of drug-likeness (QED) is 0.222. The monoisotopic (exact) mass is 270 g/mol. The largest absolute Gasteiger partial charge is 0.396 e. The van der Waals surface area contributed by atoms with E-state index < -0.39 is 4.92 Å². The van der Waals surface area contributed by atoms with E-state index in [0.29, 0.717) is 6.54 Å². The SMILES string of the molecule is NNc1ncc([N+](=O)[O-])c(NCCCCCCO)n1. The van der Waals surface area contributed by atoms with Crippen molar-refractivity contribution in [2.75, 3.05) is 23.9 Å². The van der Waals surface area contributed by atoms with Crippen molar-refractivity contribution < 1.29 is 10.0 Å². The third-order valence-corrected chi connectivity index (χ3v) is 2.47. The number of aliphatic hydroxyl groups excluding tert-OH is 1. The van der Waals surface area contributed by atoms with Gasteiger partial charge in [-0.3, -0.25) is 15.5 Å². The number of hydrazine groups is 1. The van der Waals surface area contributed by atoms with Gasteiger partial charge in [-0.2, -0.15) is 4.98 Å². The molecule has 19 heavy (non-hydrogen) atoms. The van der Waals surface area contributed by atoms with Crippen LogP contribution in [0, 0.1) is 10.1 Å². The summed E-state index contributed by atoms with van der Waals surface area (Å²) in [4.78, 5) is 17.9. The zero-order chi connectivity index (χ0) is 14.1. The highest BCUT2D eigenvalue weighted by Crippen LogP contribution is 2.21. The van der Waals surface area contributed by atoms with Gasteiger partial charge in [0.2, 0.25) is 11.8 Å². The van der Waals surface area contributed by atoms with Gasteiger partial charge in [0.15, 0.2) is 0 Å². The molecule has 1 aromatic rings. The number of hydrogen-bond donors (Lipinski definition) is 4. The minimum absolute atomic E-state index is 0.119. The number of aromatic nitrogens is 2. The molecule has 1 heterocycles. The summed E-state index contributed by atoms with van der Waals surface area (Å²) in [5.74, 6) is 5.43. The van der Waals surface area contributed by atoms with Crippen molar-refractivity contribution in [2.24, 2.45) is 5.84 Å². The Kier molecular flexibility index (Phi) is 6.47. The first-order valence-corrected chi connectivity index (χ1v) is 6.01. The van der Waals surface area contributed by atoms with Crippen LogP contribution >= 0.6 is 0 Å².